The molecular weight excluding hydrogens is 130 g/mol. The summed E-state index contributed by atoms with van der Waals surface area (Å²) >= 11 is 0. The molecule has 10 heavy (non-hydrogen) atoms. The topological polar surface area (TPSA) is 38.7 Å². The molecular formula is C7H13NO2. The van der Waals surface area contributed by atoms with Gasteiger partial charge < -0.3 is 4.84 Å². The largest absolute Gasteiger partial charge is 0.396 e. The van der Waals surface area contributed by atoms with Crippen molar-refractivity contribution in [3.63, 3.8) is 0 Å². The quantitative estimate of drug-likeness (QED) is 0.440. The van der Waals surface area contributed by atoms with Crippen molar-refractivity contribution >= 4 is 11.5 Å². The van der Waals surface area contributed by atoms with Crippen LogP contribution < -0.4 is 0 Å². The second-order valence-electron chi connectivity index (χ2n) is 2.12. The highest BCUT2D eigenvalue weighted by Crippen LogP contribution is 1.88. The zero-order valence-electron chi connectivity index (χ0n) is 6.68. The van der Waals surface area contributed by atoms with Crippen LogP contribution in [0, 0.1) is 0 Å². The first-order valence-electron chi connectivity index (χ1n) is 3.31. The van der Waals surface area contributed by atoms with Gasteiger partial charge in [0, 0.05) is 6.42 Å². The summed E-state index contributed by atoms with van der Waals surface area (Å²) in [6.07, 6.45) is 0.389. The van der Waals surface area contributed by atoms with Crippen molar-refractivity contribution in [1.82, 2.24) is 0 Å². The van der Waals surface area contributed by atoms with E-state index in [1.165, 1.54) is 6.92 Å². The molecule has 0 N–H and O–H groups in total. The van der Waals surface area contributed by atoms with Gasteiger partial charge in [-0.05, 0) is 20.8 Å². The summed E-state index contributed by atoms with van der Waals surface area (Å²) in [5, 5.41) is 3.68. The van der Waals surface area contributed by atoms with Crippen LogP contribution in [0.25, 0.3) is 0 Å². The molecule has 0 heterocycles. The fraction of sp³-hybridized carbons (Fsp3) is 0.714. The van der Waals surface area contributed by atoms with Crippen LogP contribution in [-0.4, -0.2) is 18.1 Å². The molecule has 0 aromatic rings. The van der Waals surface area contributed by atoms with Crippen LogP contribution in [0.15, 0.2) is 5.16 Å². The highest BCUT2D eigenvalue weighted by molar-refractivity contribution is 5.99. The third kappa shape index (κ3) is 5.28. The van der Waals surface area contributed by atoms with E-state index in [4.69, 9.17) is 4.84 Å². The summed E-state index contributed by atoms with van der Waals surface area (Å²) in [5.74, 6) is 0.112. The third-order valence-electron chi connectivity index (χ3n) is 0.854. The molecule has 0 aromatic carbocycles. The van der Waals surface area contributed by atoms with Crippen LogP contribution in [0.3, 0.4) is 0 Å². The maximum atomic E-state index is 10.5. The number of hydrogen-bond acceptors (Lipinski definition) is 3. The highest BCUT2D eigenvalue weighted by Gasteiger charge is 1.95. The fourth-order valence-electron chi connectivity index (χ4n) is 0.567. The molecule has 0 spiro atoms. The highest BCUT2D eigenvalue weighted by atomic mass is 16.6. The van der Waals surface area contributed by atoms with E-state index in [-0.39, 0.29) is 5.78 Å². The lowest BCUT2D eigenvalue weighted by Gasteiger charge is -1.95. The Bertz CT molecular complexity index is 141. The zero-order valence-corrected chi connectivity index (χ0v) is 6.68. The van der Waals surface area contributed by atoms with E-state index in [2.05, 4.69) is 5.16 Å². The Morgan fingerprint density at radius 1 is 1.50 bits per heavy atom. The van der Waals surface area contributed by atoms with E-state index in [9.17, 15) is 4.79 Å². The van der Waals surface area contributed by atoms with Crippen LogP contribution in [0.1, 0.15) is 27.2 Å². The van der Waals surface area contributed by atoms with Crippen LogP contribution in [0.4, 0.5) is 0 Å². The maximum absolute atomic E-state index is 10.5. The van der Waals surface area contributed by atoms with Crippen LogP contribution in [0.5, 0.6) is 0 Å². The maximum Gasteiger partial charge on any atom is 0.135 e. The number of nitrogens with zero attached hydrogens (tertiary/aromatic N) is 1. The minimum atomic E-state index is 0.112. The van der Waals surface area contributed by atoms with Gasteiger partial charge in [-0.15, -0.1) is 0 Å². The van der Waals surface area contributed by atoms with Gasteiger partial charge >= 0.3 is 0 Å². The van der Waals surface area contributed by atoms with Crippen molar-refractivity contribution in [2.24, 2.45) is 5.16 Å². The molecule has 3 nitrogen and oxygen atoms in total. The van der Waals surface area contributed by atoms with Gasteiger partial charge in [-0.2, -0.15) is 0 Å². The van der Waals surface area contributed by atoms with E-state index in [0.29, 0.717) is 13.0 Å². The standard InChI is InChI=1S/C7H13NO2/c1-4-10-8-6(2)5-7(3)9/h4-5H2,1-3H3/b8-6+. The average Bonchev–Trinajstić information content (AvgIpc) is 1.82. The third-order valence-corrected chi connectivity index (χ3v) is 0.854. The predicted molar refractivity (Wildman–Crippen MR) is 40.0 cm³/mol. The summed E-state index contributed by atoms with van der Waals surface area (Å²) in [6.45, 7) is 5.71. The second-order valence-corrected chi connectivity index (χ2v) is 2.12. The zero-order chi connectivity index (χ0) is 7.98. The Morgan fingerprint density at radius 3 is 2.50 bits per heavy atom. The van der Waals surface area contributed by atoms with Crippen LogP contribution in [-0.2, 0) is 9.63 Å². The molecule has 0 rings (SSSR count). The Morgan fingerprint density at radius 2 is 2.10 bits per heavy atom. The smallest absolute Gasteiger partial charge is 0.135 e. The minimum Gasteiger partial charge on any atom is -0.396 e. The first-order valence-corrected chi connectivity index (χ1v) is 3.31. The van der Waals surface area contributed by atoms with Crippen molar-refractivity contribution in [3.8, 4) is 0 Å². The number of hydrogen-bond donors (Lipinski definition) is 0. The lowest BCUT2D eigenvalue weighted by atomic mass is 10.2. The fourth-order valence-corrected chi connectivity index (χ4v) is 0.567. The Balaban J connectivity index is 3.59. The molecule has 0 radical (unpaired) electrons. The summed E-state index contributed by atoms with van der Waals surface area (Å²) in [5.41, 5.74) is 0.731. The molecule has 0 fully saturated rings. The summed E-state index contributed by atoms with van der Waals surface area (Å²) in [7, 11) is 0. The van der Waals surface area contributed by atoms with Gasteiger partial charge in [0.15, 0.2) is 0 Å². The molecule has 0 saturated heterocycles. The normalized spacial score (nSPS) is 11.3. The molecule has 0 saturated carbocycles. The Kier molecular flexibility index (Phi) is 4.54. The van der Waals surface area contributed by atoms with Gasteiger partial charge in [0.2, 0.25) is 0 Å². The summed E-state index contributed by atoms with van der Waals surface area (Å²) < 4.78 is 0. The van der Waals surface area contributed by atoms with Crippen molar-refractivity contribution < 1.29 is 9.63 Å². The SMILES string of the molecule is CCO/N=C(\C)CC(C)=O. The number of oxime groups is 1. The molecule has 0 aliphatic carbocycles. The number of ketones is 1. The molecule has 3 heteroatoms. The predicted octanol–water partition coefficient (Wildman–Crippen LogP) is 1.38. The van der Waals surface area contributed by atoms with E-state index < -0.39 is 0 Å². The second kappa shape index (κ2) is 4.97. The molecule has 0 aromatic heterocycles. The molecule has 0 bridgehead atoms. The summed E-state index contributed by atoms with van der Waals surface area (Å²) in [4.78, 5) is 15.2. The average molecular weight is 143 g/mol. The molecule has 0 aliphatic heterocycles. The van der Waals surface area contributed by atoms with E-state index >= 15 is 0 Å². The van der Waals surface area contributed by atoms with Crippen molar-refractivity contribution in [2.45, 2.75) is 27.2 Å². The molecule has 0 aliphatic rings. The van der Waals surface area contributed by atoms with Gasteiger partial charge in [0.05, 0.1) is 5.71 Å². The molecule has 0 unspecified atom stereocenters. The van der Waals surface area contributed by atoms with E-state index in [1.54, 1.807) is 6.92 Å². The van der Waals surface area contributed by atoms with Crippen molar-refractivity contribution in [2.75, 3.05) is 6.61 Å². The number of Topliss-reactive ketones (excluding diaryl/α,β-unsaturated/α-hetero) is 1. The lowest BCUT2D eigenvalue weighted by Crippen LogP contribution is -2.00. The van der Waals surface area contributed by atoms with E-state index in [0.717, 1.165) is 5.71 Å². The molecule has 58 valence electrons. The van der Waals surface area contributed by atoms with Gasteiger partial charge in [-0.1, -0.05) is 5.16 Å². The van der Waals surface area contributed by atoms with Gasteiger partial charge in [-0.3, -0.25) is 4.79 Å². The molecule has 0 atom stereocenters. The van der Waals surface area contributed by atoms with Crippen LogP contribution in [0.2, 0.25) is 0 Å². The monoisotopic (exact) mass is 143 g/mol. The van der Waals surface area contributed by atoms with Gasteiger partial charge in [-0.25, -0.2) is 0 Å². The number of carbonyl (C=O) groups is 1. The van der Waals surface area contributed by atoms with Crippen LogP contribution >= 0.6 is 0 Å². The molecule has 0 amide bonds. The Hall–Kier alpha value is -0.860. The summed E-state index contributed by atoms with van der Waals surface area (Å²) in [6, 6.07) is 0. The first-order chi connectivity index (χ1) is 4.66. The Labute approximate surface area is 61.1 Å². The number of rotatable bonds is 4. The first kappa shape index (κ1) is 9.14. The van der Waals surface area contributed by atoms with Gasteiger partial charge in [0.1, 0.15) is 12.4 Å². The lowest BCUT2D eigenvalue weighted by molar-refractivity contribution is -0.115. The minimum absolute atomic E-state index is 0.112. The van der Waals surface area contributed by atoms with E-state index in [1.807, 2.05) is 6.92 Å². The van der Waals surface area contributed by atoms with Gasteiger partial charge in [0.25, 0.3) is 0 Å². The van der Waals surface area contributed by atoms with Crippen molar-refractivity contribution in [1.29, 1.82) is 0 Å². The van der Waals surface area contributed by atoms with Crippen molar-refractivity contribution in [3.05, 3.63) is 0 Å². The number of carbonyl (C=O) groups excluding carboxylic acids is 1.